The van der Waals surface area contributed by atoms with Gasteiger partial charge in [0.05, 0.1) is 12.3 Å². The van der Waals surface area contributed by atoms with Gasteiger partial charge in [0, 0.05) is 6.54 Å². The van der Waals surface area contributed by atoms with Crippen molar-refractivity contribution in [3.05, 3.63) is 29.8 Å². The molecule has 17 heavy (non-hydrogen) atoms. The van der Waals surface area contributed by atoms with Crippen LogP contribution in [0.15, 0.2) is 24.3 Å². The van der Waals surface area contributed by atoms with Gasteiger partial charge in [0.2, 0.25) is 10.0 Å². The highest BCUT2D eigenvalue weighted by molar-refractivity contribution is 7.93. The third-order valence-electron chi connectivity index (χ3n) is 3.14. The smallest absolute Gasteiger partial charge is 0.240 e. The van der Waals surface area contributed by atoms with Crippen LogP contribution in [0.5, 0.6) is 0 Å². The largest absolute Gasteiger partial charge is 0.395 e. The second-order valence-electron chi connectivity index (χ2n) is 4.34. The van der Waals surface area contributed by atoms with Crippen molar-refractivity contribution in [2.24, 2.45) is 0 Å². The summed E-state index contributed by atoms with van der Waals surface area (Å²) in [5.74, 6) is 0. The van der Waals surface area contributed by atoms with Crippen molar-refractivity contribution < 1.29 is 13.5 Å². The zero-order valence-corrected chi connectivity index (χ0v) is 10.7. The molecule has 2 rings (SSSR count). The molecule has 1 aromatic carbocycles. The first-order chi connectivity index (χ1) is 8.07. The molecule has 0 spiro atoms. The quantitative estimate of drug-likeness (QED) is 0.881. The molecule has 1 atom stereocenters. The summed E-state index contributed by atoms with van der Waals surface area (Å²) in [7, 11) is -3.44. The summed E-state index contributed by atoms with van der Waals surface area (Å²) in [5.41, 5.74) is 1.83. The van der Waals surface area contributed by atoms with Crippen LogP contribution >= 0.6 is 0 Å². The zero-order chi connectivity index (χ0) is 12.5. The molecule has 1 aromatic rings. The van der Waals surface area contributed by atoms with Gasteiger partial charge >= 0.3 is 0 Å². The van der Waals surface area contributed by atoms with Gasteiger partial charge in [-0.2, -0.15) is 0 Å². The van der Waals surface area contributed by atoms with Crippen molar-refractivity contribution in [2.75, 3.05) is 17.5 Å². The number of hydrogen-bond acceptors (Lipinski definition) is 3. The van der Waals surface area contributed by atoms with Gasteiger partial charge in [-0.05, 0) is 31.4 Å². The minimum absolute atomic E-state index is 0.346. The molecule has 4 nitrogen and oxygen atoms in total. The van der Waals surface area contributed by atoms with Gasteiger partial charge in [0.15, 0.2) is 0 Å². The summed E-state index contributed by atoms with van der Waals surface area (Å²) in [6.07, 6.45) is 1.74. The van der Waals surface area contributed by atoms with E-state index in [0.717, 1.165) is 24.1 Å². The Balaban J connectivity index is 2.43. The number of aryl methyl sites for hydroxylation is 1. The Bertz CT molecular complexity index is 498. The van der Waals surface area contributed by atoms with Gasteiger partial charge in [-0.3, -0.25) is 4.31 Å². The van der Waals surface area contributed by atoms with E-state index in [1.807, 2.05) is 24.3 Å². The van der Waals surface area contributed by atoms with E-state index in [-0.39, 0.29) is 6.61 Å². The van der Waals surface area contributed by atoms with E-state index in [2.05, 4.69) is 0 Å². The molecule has 5 heteroatoms. The second kappa shape index (κ2) is 4.66. The Morgan fingerprint density at radius 1 is 1.41 bits per heavy atom. The Hall–Kier alpha value is -1.07. The molecule has 0 aromatic heterocycles. The van der Waals surface area contributed by atoms with Crippen molar-refractivity contribution in [1.82, 2.24) is 0 Å². The molecule has 1 N–H and O–H groups in total. The van der Waals surface area contributed by atoms with E-state index in [9.17, 15) is 8.42 Å². The third-order valence-corrected chi connectivity index (χ3v) is 5.30. The fourth-order valence-corrected chi connectivity index (χ4v) is 3.53. The summed E-state index contributed by atoms with van der Waals surface area (Å²) in [5, 5.41) is 8.29. The topological polar surface area (TPSA) is 57.6 Å². The van der Waals surface area contributed by atoms with Gasteiger partial charge < -0.3 is 5.11 Å². The van der Waals surface area contributed by atoms with Gasteiger partial charge in [0.25, 0.3) is 0 Å². The van der Waals surface area contributed by atoms with Crippen LogP contribution in [-0.4, -0.2) is 31.9 Å². The van der Waals surface area contributed by atoms with E-state index in [0.29, 0.717) is 6.54 Å². The van der Waals surface area contributed by atoms with Crippen LogP contribution in [0.2, 0.25) is 0 Å². The number of hydrogen-bond donors (Lipinski definition) is 1. The van der Waals surface area contributed by atoms with Crippen molar-refractivity contribution in [2.45, 2.75) is 25.0 Å². The molecular formula is C12H17NO3S. The number of nitrogens with zero attached hydrogens (tertiary/aromatic N) is 1. The minimum Gasteiger partial charge on any atom is -0.395 e. The van der Waals surface area contributed by atoms with E-state index >= 15 is 0 Å². The molecule has 0 fully saturated rings. The van der Waals surface area contributed by atoms with Crippen LogP contribution < -0.4 is 4.31 Å². The molecule has 94 valence electrons. The first-order valence-corrected chi connectivity index (χ1v) is 7.28. The van der Waals surface area contributed by atoms with E-state index in [1.165, 1.54) is 11.2 Å². The number of sulfonamides is 1. The fourth-order valence-electron chi connectivity index (χ4n) is 2.07. The second-order valence-corrected chi connectivity index (χ2v) is 6.62. The SMILES string of the molecule is CC(CO)S(=O)(=O)N1CCCc2ccccc21. The Kier molecular flexibility index (Phi) is 3.40. The maximum Gasteiger partial charge on any atom is 0.240 e. The van der Waals surface area contributed by atoms with E-state index < -0.39 is 15.3 Å². The Morgan fingerprint density at radius 2 is 2.12 bits per heavy atom. The van der Waals surface area contributed by atoms with Crippen LogP contribution in [0.4, 0.5) is 5.69 Å². The normalized spacial score (nSPS) is 17.6. The molecule has 0 bridgehead atoms. The maximum atomic E-state index is 12.2. The predicted octanol–water partition coefficient (Wildman–Crippen LogP) is 1.15. The van der Waals surface area contributed by atoms with Crippen molar-refractivity contribution >= 4 is 15.7 Å². The molecule has 1 unspecified atom stereocenters. The van der Waals surface area contributed by atoms with Crippen molar-refractivity contribution in [3.63, 3.8) is 0 Å². The molecule has 1 aliphatic heterocycles. The van der Waals surface area contributed by atoms with Crippen LogP contribution in [0, 0.1) is 0 Å². The van der Waals surface area contributed by atoms with Gasteiger partial charge in [-0.25, -0.2) is 8.42 Å². The molecule has 0 aliphatic carbocycles. The van der Waals surface area contributed by atoms with Gasteiger partial charge in [-0.1, -0.05) is 18.2 Å². The molecule has 0 saturated carbocycles. The molecular weight excluding hydrogens is 238 g/mol. The fraction of sp³-hybridized carbons (Fsp3) is 0.500. The lowest BCUT2D eigenvalue weighted by Crippen LogP contribution is -2.42. The van der Waals surface area contributed by atoms with E-state index in [4.69, 9.17) is 5.11 Å². The summed E-state index contributed by atoms with van der Waals surface area (Å²) >= 11 is 0. The number of benzene rings is 1. The molecule has 1 aliphatic rings. The van der Waals surface area contributed by atoms with Crippen LogP contribution in [0.25, 0.3) is 0 Å². The molecule has 0 amide bonds. The number of anilines is 1. The Morgan fingerprint density at radius 3 is 2.82 bits per heavy atom. The van der Waals surface area contributed by atoms with Gasteiger partial charge in [-0.15, -0.1) is 0 Å². The summed E-state index contributed by atoms with van der Waals surface area (Å²) < 4.78 is 25.9. The van der Waals surface area contributed by atoms with Gasteiger partial charge in [0.1, 0.15) is 5.25 Å². The minimum atomic E-state index is -3.44. The lowest BCUT2D eigenvalue weighted by Gasteiger charge is -2.32. The number of rotatable bonds is 3. The Labute approximate surface area is 102 Å². The highest BCUT2D eigenvalue weighted by Gasteiger charge is 2.31. The third kappa shape index (κ3) is 2.17. The maximum absolute atomic E-state index is 12.2. The predicted molar refractivity (Wildman–Crippen MR) is 67.6 cm³/mol. The number of para-hydroxylation sites is 1. The monoisotopic (exact) mass is 255 g/mol. The first-order valence-electron chi connectivity index (χ1n) is 5.77. The van der Waals surface area contributed by atoms with Crippen LogP contribution in [0.3, 0.4) is 0 Å². The van der Waals surface area contributed by atoms with Crippen molar-refractivity contribution in [3.8, 4) is 0 Å². The van der Waals surface area contributed by atoms with Crippen molar-refractivity contribution in [1.29, 1.82) is 0 Å². The highest BCUT2D eigenvalue weighted by Crippen LogP contribution is 2.30. The lowest BCUT2D eigenvalue weighted by atomic mass is 10.0. The number of fused-ring (bicyclic) bond motifs is 1. The summed E-state index contributed by atoms with van der Waals surface area (Å²) in [6.45, 7) is 1.69. The average molecular weight is 255 g/mol. The number of aliphatic hydroxyl groups is 1. The number of aliphatic hydroxyl groups excluding tert-OH is 1. The van der Waals surface area contributed by atoms with E-state index in [1.54, 1.807) is 0 Å². The average Bonchev–Trinajstić information content (AvgIpc) is 2.37. The zero-order valence-electron chi connectivity index (χ0n) is 9.83. The van der Waals surface area contributed by atoms with Crippen LogP contribution in [-0.2, 0) is 16.4 Å². The standard InChI is InChI=1S/C12H17NO3S/c1-10(9-14)17(15,16)13-8-4-6-11-5-2-3-7-12(11)13/h2-3,5,7,10,14H,4,6,8-9H2,1H3. The molecule has 0 radical (unpaired) electrons. The highest BCUT2D eigenvalue weighted by atomic mass is 32.2. The molecule has 1 heterocycles. The summed E-state index contributed by atoms with van der Waals surface area (Å²) in [6, 6.07) is 7.55. The molecule has 0 saturated heterocycles. The first kappa shape index (κ1) is 12.4. The van der Waals surface area contributed by atoms with Crippen LogP contribution in [0.1, 0.15) is 18.9 Å². The summed E-state index contributed by atoms with van der Waals surface area (Å²) in [4.78, 5) is 0. The lowest BCUT2D eigenvalue weighted by molar-refractivity contribution is 0.295.